The largest absolute Gasteiger partial charge is 0.356 e. The molecule has 1 aliphatic rings. The normalized spacial score (nSPS) is 17.7. The van der Waals surface area contributed by atoms with Crippen LogP contribution in [-0.4, -0.2) is 28.2 Å². The van der Waals surface area contributed by atoms with E-state index in [4.69, 9.17) is 0 Å². The van der Waals surface area contributed by atoms with Crippen molar-refractivity contribution in [2.45, 2.75) is 38.1 Å². The van der Waals surface area contributed by atoms with Gasteiger partial charge in [-0.05, 0) is 30.7 Å². The van der Waals surface area contributed by atoms with Gasteiger partial charge in [0.1, 0.15) is 16.2 Å². The number of aryl methyl sites for hydroxylation is 1. The van der Waals surface area contributed by atoms with Crippen molar-refractivity contribution >= 4 is 39.2 Å². The number of amides is 1. The second-order valence-corrected chi connectivity index (χ2v) is 7.71. The van der Waals surface area contributed by atoms with Crippen LogP contribution in [0.3, 0.4) is 0 Å². The van der Waals surface area contributed by atoms with Crippen molar-refractivity contribution in [3.63, 3.8) is 0 Å². The van der Waals surface area contributed by atoms with Gasteiger partial charge in [-0.25, -0.2) is 9.97 Å². The smallest absolute Gasteiger partial charge is 0.216 e. The van der Waals surface area contributed by atoms with Gasteiger partial charge in [-0.2, -0.15) is 0 Å². The van der Waals surface area contributed by atoms with Gasteiger partial charge in [0.05, 0.1) is 0 Å². The lowest BCUT2D eigenvalue weighted by atomic mass is 9.89. The molecule has 0 radical (unpaired) electrons. The minimum Gasteiger partial charge on any atom is -0.356 e. The molecule has 2 aromatic heterocycles. The van der Waals surface area contributed by atoms with Crippen molar-refractivity contribution in [2.75, 3.05) is 12.3 Å². The number of fused-ring (bicyclic) bond motifs is 3. The minimum absolute atomic E-state index is 0.0188. The average Bonchev–Trinajstić information content (AvgIpc) is 2.81. The third kappa shape index (κ3) is 3.21. The predicted octanol–water partition coefficient (Wildman–Crippen LogP) is 3.04. The van der Waals surface area contributed by atoms with Crippen molar-refractivity contribution in [3.8, 4) is 0 Å². The van der Waals surface area contributed by atoms with E-state index in [1.54, 1.807) is 25.0 Å². The van der Waals surface area contributed by atoms with Gasteiger partial charge in [0, 0.05) is 29.5 Å². The Kier molecular flexibility index (Phi) is 4.45. The van der Waals surface area contributed by atoms with E-state index < -0.39 is 0 Å². The Morgan fingerprint density at radius 3 is 3.19 bits per heavy atom. The minimum atomic E-state index is 0.0188. The Morgan fingerprint density at radius 2 is 2.38 bits per heavy atom. The number of nitrogens with one attached hydrogen (secondary N) is 1. The zero-order valence-corrected chi connectivity index (χ0v) is 13.9. The first kappa shape index (κ1) is 14.8. The molecule has 3 rings (SSSR count). The Bertz CT molecular complexity index is 668. The molecule has 0 saturated carbocycles. The lowest BCUT2D eigenvalue weighted by molar-refractivity contribution is -0.118. The molecule has 0 fully saturated rings. The molecule has 2 aromatic rings. The number of rotatable bonds is 4. The fourth-order valence-corrected chi connectivity index (χ4v) is 5.03. The summed E-state index contributed by atoms with van der Waals surface area (Å²) < 4.78 is 0. The van der Waals surface area contributed by atoms with Gasteiger partial charge in [-0.15, -0.1) is 23.1 Å². The number of nitrogens with zero attached hydrogens (tertiary/aromatic N) is 2. The fraction of sp³-hybridized carbons (Fsp3) is 0.533. The topological polar surface area (TPSA) is 54.9 Å². The molecule has 112 valence electrons. The SMILES string of the molecule is CC(=O)NCCSc1ncnc2sc3c(c12)CC[C@@H](C)C3. The molecule has 1 aliphatic carbocycles. The summed E-state index contributed by atoms with van der Waals surface area (Å²) in [6, 6.07) is 0. The van der Waals surface area contributed by atoms with Gasteiger partial charge < -0.3 is 5.32 Å². The zero-order chi connectivity index (χ0) is 14.8. The maximum atomic E-state index is 10.9. The molecule has 0 saturated heterocycles. The van der Waals surface area contributed by atoms with E-state index in [1.807, 2.05) is 11.3 Å². The lowest BCUT2D eigenvalue weighted by Crippen LogP contribution is -2.22. The number of thioether (sulfide) groups is 1. The van der Waals surface area contributed by atoms with Gasteiger partial charge in [0.25, 0.3) is 0 Å². The van der Waals surface area contributed by atoms with E-state index >= 15 is 0 Å². The standard InChI is InChI=1S/C15H19N3OS2/c1-9-3-4-11-12(7-9)21-15-13(11)14(17-8-18-15)20-6-5-16-10(2)19/h8-9H,3-7H2,1-2H3,(H,16,19)/t9-/m1/s1. The molecule has 4 nitrogen and oxygen atoms in total. The third-order valence-electron chi connectivity index (χ3n) is 3.77. The Labute approximate surface area is 132 Å². The third-order valence-corrected chi connectivity index (χ3v) is 5.93. The molecule has 6 heteroatoms. The molecule has 1 amide bonds. The first-order valence-electron chi connectivity index (χ1n) is 7.27. The van der Waals surface area contributed by atoms with E-state index in [9.17, 15) is 4.79 Å². The molecule has 1 N–H and O–H groups in total. The average molecular weight is 321 g/mol. The van der Waals surface area contributed by atoms with Crippen molar-refractivity contribution < 1.29 is 4.79 Å². The van der Waals surface area contributed by atoms with E-state index in [0.717, 1.165) is 27.9 Å². The fourth-order valence-electron chi connectivity index (χ4n) is 2.73. The summed E-state index contributed by atoms with van der Waals surface area (Å²) in [6.07, 6.45) is 5.23. The van der Waals surface area contributed by atoms with Crippen molar-refractivity contribution in [2.24, 2.45) is 5.92 Å². The number of hydrogen-bond donors (Lipinski definition) is 1. The molecule has 0 spiro atoms. The second-order valence-electron chi connectivity index (χ2n) is 5.54. The van der Waals surface area contributed by atoms with Gasteiger partial charge in [0.2, 0.25) is 5.91 Å². The van der Waals surface area contributed by atoms with E-state index in [-0.39, 0.29) is 5.91 Å². The van der Waals surface area contributed by atoms with E-state index in [0.29, 0.717) is 6.54 Å². The zero-order valence-electron chi connectivity index (χ0n) is 12.3. The first-order valence-corrected chi connectivity index (χ1v) is 9.08. The highest BCUT2D eigenvalue weighted by molar-refractivity contribution is 7.99. The highest BCUT2D eigenvalue weighted by Gasteiger charge is 2.22. The van der Waals surface area contributed by atoms with E-state index in [1.165, 1.54) is 28.7 Å². The van der Waals surface area contributed by atoms with Crippen LogP contribution in [0.15, 0.2) is 11.4 Å². The summed E-state index contributed by atoms with van der Waals surface area (Å²) in [5.41, 5.74) is 1.47. The monoisotopic (exact) mass is 321 g/mol. The van der Waals surface area contributed by atoms with Crippen LogP contribution in [0.4, 0.5) is 0 Å². The Balaban J connectivity index is 1.84. The highest BCUT2D eigenvalue weighted by atomic mass is 32.2. The summed E-state index contributed by atoms with van der Waals surface area (Å²) >= 11 is 3.54. The Hall–Kier alpha value is -1.14. The summed E-state index contributed by atoms with van der Waals surface area (Å²) in [6.45, 7) is 4.54. The molecular weight excluding hydrogens is 302 g/mol. The number of carbonyl (C=O) groups excluding carboxylic acids is 1. The van der Waals surface area contributed by atoms with Crippen LogP contribution >= 0.6 is 23.1 Å². The predicted molar refractivity (Wildman–Crippen MR) is 88.0 cm³/mol. The molecule has 0 bridgehead atoms. The summed E-state index contributed by atoms with van der Waals surface area (Å²) in [7, 11) is 0. The van der Waals surface area contributed by atoms with Gasteiger partial charge in [-0.3, -0.25) is 4.79 Å². The summed E-state index contributed by atoms with van der Waals surface area (Å²) in [4.78, 5) is 22.4. The van der Waals surface area contributed by atoms with E-state index in [2.05, 4.69) is 22.2 Å². The van der Waals surface area contributed by atoms with Crippen LogP contribution in [0.1, 0.15) is 30.7 Å². The van der Waals surface area contributed by atoms with Crippen molar-refractivity contribution in [1.29, 1.82) is 0 Å². The first-order chi connectivity index (χ1) is 10.1. The summed E-state index contributed by atoms with van der Waals surface area (Å²) in [5.74, 6) is 1.63. The van der Waals surface area contributed by atoms with Gasteiger partial charge >= 0.3 is 0 Å². The van der Waals surface area contributed by atoms with Crippen LogP contribution < -0.4 is 5.32 Å². The van der Waals surface area contributed by atoms with Crippen LogP contribution in [-0.2, 0) is 17.6 Å². The Morgan fingerprint density at radius 1 is 1.52 bits per heavy atom. The quantitative estimate of drug-likeness (QED) is 0.534. The van der Waals surface area contributed by atoms with Crippen LogP contribution in [0.25, 0.3) is 10.2 Å². The lowest BCUT2D eigenvalue weighted by Gasteiger charge is -2.18. The van der Waals surface area contributed by atoms with Crippen LogP contribution in [0.5, 0.6) is 0 Å². The number of thiophene rings is 1. The molecule has 0 aromatic carbocycles. The molecular formula is C15H19N3OS2. The summed E-state index contributed by atoms with van der Waals surface area (Å²) in [5, 5.41) is 5.15. The van der Waals surface area contributed by atoms with Crippen LogP contribution in [0.2, 0.25) is 0 Å². The van der Waals surface area contributed by atoms with Crippen molar-refractivity contribution in [1.82, 2.24) is 15.3 Å². The molecule has 2 heterocycles. The highest BCUT2D eigenvalue weighted by Crippen LogP contribution is 2.40. The van der Waals surface area contributed by atoms with Gasteiger partial charge in [0.15, 0.2) is 0 Å². The molecule has 0 aliphatic heterocycles. The molecule has 21 heavy (non-hydrogen) atoms. The van der Waals surface area contributed by atoms with Crippen LogP contribution in [0, 0.1) is 5.92 Å². The maximum absolute atomic E-state index is 10.9. The van der Waals surface area contributed by atoms with Crippen molar-refractivity contribution in [3.05, 3.63) is 16.8 Å². The molecule has 1 atom stereocenters. The number of aromatic nitrogens is 2. The number of hydrogen-bond acceptors (Lipinski definition) is 5. The number of carbonyl (C=O) groups is 1. The second kappa shape index (κ2) is 6.32. The van der Waals surface area contributed by atoms with Gasteiger partial charge in [-0.1, -0.05) is 6.92 Å². The maximum Gasteiger partial charge on any atom is 0.216 e. The molecule has 0 unspecified atom stereocenters.